The third-order valence-corrected chi connectivity index (χ3v) is 7.80. The van der Waals surface area contributed by atoms with Crippen molar-refractivity contribution in [2.24, 2.45) is 0 Å². The molecule has 35 heavy (non-hydrogen) atoms. The summed E-state index contributed by atoms with van der Waals surface area (Å²) in [5.74, 6) is 1.26. The third-order valence-electron chi connectivity index (χ3n) is 6.13. The van der Waals surface area contributed by atoms with Gasteiger partial charge < -0.3 is 14.1 Å². The third kappa shape index (κ3) is 4.94. The molecule has 0 bridgehead atoms. The quantitative estimate of drug-likeness (QED) is 0.378. The van der Waals surface area contributed by atoms with Crippen LogP contribution in [0.3, 0.4) is 0 Å². The van der Waals surface area contributed by atoms with E-state index < -0.39 is 9.84 Å². The van der Waals surface area contributed by atoms with Gasteiger partial charge in [0, 0.05) is 38.3 Å². The second kappa shape index (κ2) is 9.93. The zero-order valence-electron chi connectivity index (χ0n) is 19.5. The topological polar surface area (TPSA) is 75.9 Å². The smallest absolute Gasteiger partial charge is 0.236 e. The molecule has 0 radical (unpaired) electrons. The number of hydrogen-bond donors (Lipinski definition) is 0. The van der Waals surface area contributed by atoms with Crippen molar-refractivity contribution < 1.29 is 17.6 Å². The molecule has 1 aliphatic heterocycles. The van der Waals surface area contributed by atoms with Crippen molar-refractivity contribution in [1.29, 1.82) is 0 Å². The van der Waals surface area contributed by atoms with Gasteiger partial charge in [0.25, 0.3) is 0 Å². The minimum Gasteiger partial charge on any atom is -0.497 e. The second-order valence-corrected chi connectivity index (χ2v) is 10.3. The highest BCUT2D eigenvalue weighted by Crippen LogP contribution is 2.35. The van der Waals surface area contributed by atoms with Crippen molar-refractivity contribution >= 4 is 15.7 Å². The zero-order chi connectivity index (χ0) is 24.3. The van der Waals surface area contributed by atoms with Crippen molar-refractivity contribution in [2.75, 3.05) is 38.2 Å². The Kier molecular flexibility index (Phi) is 6.57. The molecule has 2 heterocycles. The van der Waals surface area contributed by atoms with E-state index in [0.29, 0.717) is 30.3 Å². The van der Waals surface area contributed by atoms with E-state index >= 15 is 0 Å². The fourth-order valence-electron chi connectivity index (χ4n) is 4.19. The Balaban J connectivity index is 1.45. The number of rotatable bonds is 7. The maximum absolute atomic E-state index is 13.6. The lowest BCUT2D eigenvalue weighted by atomic mass is 10.2. The number of hydrogen-bond acceptors (Lipinski definition) is 7. The highest BCUT2D eigenvalue weighted by Gasteiger charge is 2.32. The average molecular weight is 490 g/mol. The first-order valence-corrected chi connectivity index (χ1v) is 13.0. The number of ether oxygens (including phenoxy) is 1. The Bertz CT molecular complexity index is 1360. The van der Waals surface area contributed by atoms with Crippen molar-refractivity contribution in [3.8, 4) is 17.2 Å². The number of aromatic nitrogens is 1. The monoisotopic (exact) mass is 489 g/mol. The van der Waals surface area contributed by atoms with Crippen LogP contribution in [0.15, 0.2) is 99.3 Å². The van der Waals surface area contributed by atoms with Gasteiger partial charge in [0.05, 0.1) is 12.0 Å². The van der Waals surface area contributed by atoms with E-state index in [1.165, 1.54) is 5.56 Å². The van der Waals surface area contributed by atoms with Gasteiger partial charge in [-0.2, -0.15) is 4.98 Å². The fourth-order valence-corrected chi connectivity index (χ4v) is 5.53. The first kappa shape index (κ1) is 23.1. The Hall–Kier alpha value is -3.62. The molecule has 1 saturated heterocycles. The Morgan fingerprint density at radius 3 is 2.11 bits per heavy atom. The number of benzene rings is 3. The van der Waals surface area contributed by atoms with Gasteiger partial charge in [-0.25, -0.2) is 8.42 Å². The van der Waals surface area contributed by atoms with Crippen LogP contribution < -0.4 is 9.64 Å². The molecule has 4 aromatic rings. The molecule has 0 aliphatic carbocycles. The van der Waals surface area contributed by atoms with E-state index in [9.17, 15) is 8.42 Å². The lowest BCUT2D eigenvalue weighted by Gasteiger charge is -2.34. The highest BCUT2D eigenvalue weighted by atomic mass is 32.2. The van der Waals surface area contributed by atoms with Gasteiger partial charge in [-0.1, -0.05) is 48.5 Å². The van der Waals surface area contributed by atoms with Crippen LogP contribution in [0.4, 0.5) is 5.88 Å². The molecule has 180 valence electrons. The Morgan fingerprint density at radius 2 is 1.49 bits per heavy atom. The van der Waals surface area contributed by atoms with Crippen LogP contribution in [0.25, 0.3) is 11.5 Å². The lowest BCUT2D eigenvalue weighted by Crippen LogP contribution is -2.46. The molecular formula is C27H27N3O4S. The molecule has 0 saturated carbocycles. The van der Waals surface area contributed by atoms with Gasteiger partial charge in [-0.3, -0.25) is 4.90 Å². The second-order valence-electron chi connectivity index (χ2n) is 8.42. The number of methoxy groups -OCH3 is 1. The molecule has 7 nitrogen and oxygen atoms in total. The van der Waals surface area contributed by atoms with E-state index in [2.05, 4.69) is 22.0 Å². The zero-order valence-corrected chi connectivity index (χ0v) is 20.3. The van der Waals surface area contributed by atoms with Crippen molar-refractivity contribution in [3.05, 3.63) is 90.5 Å². The van der Waals surface area contributed by atoms with Gasteiger partial charge in [0.15, 0.2) is 0 Å². The summed E-state index contributed by atoms with van der Waals surface area (Å²) in [7, 11) is -2.27. The van der Waals surface area contributed by atoms with Crippen molar-refractivity contribution in [3.63, 3.8) is 0 Å². The predicted octanol–water partition coefficient (Wildman–Crippen LogP) is 4.51. The van der Waals surface area contributed by atoms with Crippen molar-refractivity contribution in [2.45, 2.75) is 16.5 Å². The molecule has 0 N–H and O–H groups in total. The largest absolute Gasteiger partial charge is 0.497 e. The summed E-state index contributed by atoms with van der Waals surface area (Å²) in [4.78, 5) is 9.03. The summed E-state index contributed by atoms with van der Waals surface area (Å²) < 4.78 is 38.5. The lowest BCUT2D eigenvalue weighted by molar-refractivity contribution is 0.245. The van der Waals surface area contributed by atoms with Crippen LogP contribution in [0.2, 0.25) is 0 Å². The SMILES string of the molecule is COc1ccc(-c2nc(S(=O)(=O)c3ccccc3)c(N3CCN(Cc4ccccc4)CC3)o2)cc1. The van der Waals surface area contributed by atoms with E-state index in [1.807, 2.05) is 35.2 Å². The summed E-state index contributed by atoms with van der Waals surface area (Å²) in [6.07, 6.45) is 0. The molecule has 8 heteroatoms. The van der Waals surface area contributed by atoms with Crippen LogP contribution in [0.5, 0.6) is 5.75 Å². The number of nitrogens with zero attached hydrogens (tertiary/aromatic N) is 3. The Labute approximate surface area is 205 Å². The first-order valence-electron chi connectivity index (χ1n) is 11.5. The van der Waals surface area contributed by atoms with Crippen LogP contribution in [-0.2, 0) is 16.4 Å². The first-order chi connectivity index (χ1) is 17.0. The standard InChI is InChI=1S/C27H27N3O4S/c1-33-23-14-12-22(13-15-23)25-28-26(35(31,32)24-10-6-3-7-11-24)27(34-25)30-18-16-29(17-19-30)20-21-8-4-2-5-9-21/h2-15H,16-20H2,1H3. The van der Waals surface area contributed by atoms with Crippen LogP contribution >= 0.6 is 0 Å². The maximum Gasteiger partial charge on any atom is 0.236 e. The molecule has 1 fully saturated rings. The molecule has 0 amide bonds. The van der Waals surface area contributed by atoms with E-state index in [-0.39, 0.29) is 15.8 Å². The number of piperazine rings is 1. The average Bonchev–Trinajstić information content (AvgIpc) is 3.37. The molecule has 3 aromatic carbocycles. The highest BCUT2D eigenvalue weighted by molar-refractivity contribution is 7.91. The minimum absolute atomic E-state index is 0.0500. The Morgan fingerprint density at radius 1 is 0.857 bits per heavy atom. The van der Waals surface area contributed by atoms with Crippen LogP contribution in [0.1, 0.15) is 5.56 Å². The van der Waals surface area contributed by atoms with Crippen molar-refractivity contribution in [1.82, 2.24) is 9.88 Å². The summed E-state index contributed by atoms with van der Waals surface area (Å²) in [6.45, 7) is 3.72. The molecule has 1 aromatic heterocycles. The van der Waals surface area contributed by atoms with Gasteiger partial charge in [0.1, 0.15) is 5.75 Å². The minimum atomic E-state index is -3.87. The van der Waals surface area contributed by atoms with Crippen LogP contribution in [-0.4, -0.2) is 51.6 Å². The molecular weight excluding hydrogens is 462 g/mol. The van der Waals surface area contributed by atoms with Gasteiger partial charge >= 0.3 is 0 Å². The summed E-state index contributed by atoms with van der Waals surface area (Å²) >= 11 is 0. The number of oxazole rings is 1. The van der Waals surface area contributed by atoms with Gasteiger partial charge in [-0.15, -0.1) is 0 Å². The van der Waals surface area contributed by atoms with E-state index in [0.717, 1.165) is 19.6 Å². The molecule has 0 atom stereocenters. The maximum atomic E-state index is 13.6. The summed E-state index contributed by atoms with van der Waals surface area (Å²) in [6, 6.07) is 25.9. The summed E-state index contributed by atoms with van der Waals surface area (Å²) in [5.41, 5.74) is 1.94. The normalized spacial score (nSPS) is 14.7. The molecule has 0 unspecified atom stereocenters. The molecule has 0 spiro atoms. The van der Waals surface area contributed by atoms with E-state index in [4.69, 9.17) is 9.15 Å². The van der Waals surface area contributed by atoms with Gasteiger partial charge in [-0.05, 0) is 42.0 Å². The molecule has 1 aliphatic rings. The molecule has 5 rings (SSSR count). The number of anilines is 1. The number of sulfone groups is 1. The fraction of sp³-hybridized carbons (Fsp3) is 0.222. The predicted molar refractivity (Wildman–Crippen MR) is 134 cm³/mol. The van der Waals surface area contributed by atoms with Crippen LogP contribution in [0, 0.1) is 0 Å². The van der Waals surface area contributed by atoms with E-state index in [1.54, 1.807) is 49.6 Å². The summed E-state index contributed by atoms with van der Waals surface area (Å²) in [5, 5.41) is -0.0500. The van der Waals surface area contributed by atoms with Gasteiger partial charge in [0.2, 0.25) is 26.6 Å².